The first kappa shape index (κ1) is 12.9. The standard InChI is InChI=1S/C13H13ClN2O2/c14-10-4-8(11(16)6-12(17)18)3-9(5-10)13(7-15)1-2-13/h3-5,11H,1-2,6,16H2,(H,17,18)/t11-/m0/s1. The largest absolute Gasteiger partial charge is 0.481 e. The van der Waals surface area contributed by atoms with Crippen molar-refractivity contribution < 1.29 is 9.90 Å². The van der Waals surface area contributed by atoms with E-state index in [9.17, 15) is 4.79 Å². The van der Waals surface area contributed by atoms with Crippen molar-refractivity contribution in [2.75, 3.05) is 0 Å². The highest BCUT2D eigenvalue weighted by Gasteiger charge is 2.45. The lowest BCUT2D eigenvalue weighted by Crippen LogP contribution is -2.16. The summed E-state index contributed by atoms with van der Waals surface area (Å²) in [6.45, 7) is 0. The zero-order valence-electron chi connectivity index (χ0n) is 9.69. The minimum Gasteiger partial charge on any atom is -0.481 e. The Morgan fingerprint density at radius 2 is 2.22 bits per heavy atom. The third kappa shape index (κ3) is 2.47. The molecule has 3 N–H and O–H groups in total. The molecule has 94 valence electrons. The number of halogens is 1. The topological polar surface area (TPSA) is 87.1 Å². The van der Waals surface area contributed by atoms with Crippen molar-refractivity contribution in [2.24, 2.45) is 5.73 Å². The van der Waals surface area contributed by atoms with Crippen LogP contribution in [0.25, 0.3) is 0 Å². The summed E-state index contributed by atoms with van der Waals surface area (Å²) in [5.41, 5.74) is 6.88. The minimum atomic E-state index is -0.953. The second-order valence-corrected chi connectivity index (χ2v) is 5.11. The highest BCUT2D eigenvalue weighted by molar-refractivity contribution is 6.30. The molecule has 4 nitrogen and oxygen atoms in total. The van der Waals surface area contributed by atoms with Crippen LogP contribution in [0.4, 0.5) is 0 Å². The van der Waals surface area contributed by atoms with Gasteiger partial charge in [0.1, 0.15) is 0 Å². The van der Waals surface area contributed by atoms with E-state index in [0.29, 0.717) is 10.6 Å². The predicted molar refractivity (Wildman–Crippen MR) is 67.2 cm³/mol. The van der Waals surface area contributed by atoms with Gasteiger partial charge in [0.25, 0.3) is 0 Å². The summed E-state index contributed by atoms with van der Waals surface area (Å²) in [6, 6.07) is 6.90. The molecule has 0 unspecified atom stereocenters. The van der Waals surface area contributed by atoms with Gasteiger partial charge in [-0.05, 0) is 36.1 Å². The first-order valence-electron chi connectivity index (χ1n) is 5.66. The second-order valence-electron chi connectivity index (χ2n) is 4.67. The van der Waals surface area contributed by atoms with Crippen LogP contribution in [0.1, 0.15) is 36.4 Å². The Morgan fingerprint density at radius 1 is 1.56 bits per heavy atom. The Balaban J connectivity index is 2.33. The van der Waals surface area contributed by atoms with Crippen molar-refractivity contribution >= 4 is 17.6 Å². The molecule has 5 heteroatoms. The fourth-order valence-electron chi connectivity index (χ4n) is 2.00. The number of aliphatic carboxylic acids is 1. The number of carboxylic acids is 1. The van der Waals surface area contributed by atoms with Gasteiger partial charge in [0, 0.05) is 11.1 Å². The normalized spacial score (nSPS) is 17.8. The van der Waals surface area contributed by atoms with Gasteiger partial charge in [0.15, 0.2) is 0 Å². The molecular weight excluding hydrogens is 252 g/mol. The molecule has 0 radical (unpaired) electrons. The highest BCUT2D eigenvalue weighted by atomic mass is 35.5. The maximum absolute atomic E-state index is 10.7. The predicted octanol–water partition coefficient (Wildman–Crippen LogP) is 2.37. The molecule has 0 aliphatic heterocycles. The van der Waals surface area contributed by atoms with Crippen LogP contribution in [0.5, 0.6) is 0 Å². The van der Waals surface area contributed by atoms with Gasteiger partial charge < -0.3 is 10.8 Å². The molecular formula is C13H13ClN2O2. The van der Waals surface area contributed by atoms with Crippen molar-refractivity contribution in [1.29, 1.82) is 5.26 Å². The Labute approximate surface area is 110 Å². The van der Waals surface area contributed by atoms with Crippen LogP contribution in [0.2, 0.25) is 5.02 Å². The molecule has 0 heterocycles. The number of rotatable bonds is 4. The lowest BCUT2D eigenvalue weighted by atomic mass is 9.93. The fraction of sp³-hybridized carbons (Fsp3) is 0.385. The summed E-state index contributed by atoms with van der Waals surface area (Å²) in [5.74, 6) is -0.953. The van der Waals surface area contributed by atoms with Crippen molar-refractivity contribution in [3.05, 3.63) is 34.3 Å². The number of carboxylic acid groups (broad SMARTS) is 1. The molecule has 18 heavy (non-hydrogen) atoms. The summed E-state index contributed by atoms with van der Waals surface area (Å²) < 4.78 is 0. The fourth-order valence-corrected chi connectivity index (χ4v) is 2.24. The number of benzene rings is 1. The van der Waals surface area contributed by atoms with Gasteiger partial charge in [0.05, 0.1) is 17.9 Å². The molecule has 2 rings (SSSR count). The second kappa shape index (κ2) is 4.60. The summed E-state index contributed by atoms with van der Waals surface area (Å²) in [7, 11) is 0. The average Bonchev–Trinajstić information content (AvgIpc) is 3.08. The zero-order chi connectivity index (χ0) is 13.3. The average molecular weight is 265 g/mol. The molecule has 0 saturated heterocycles. The molecule has 1 aliphatic carbocycles. The maximum Gasteiger partial charge on any atom is 0.305 e. The van der Waals surface area contributed by atoms with Gasteiger partial charge in [-0.25, -0.2) is 0 Å². The van der Waals surface area contributed by atoms with E-state index in [1.165, 1.54) is 0 Å². The van der Waals surface area contributed by atoms with Crippen LogP contribution in [-0.4, -0.2) is 11.1 Å². The van der Waals surface area contributed by atoms with E-state index in [1.807, 2.05) is 0 Å². The van der Waals surface area contributed by atoms with E-state index < -0.39 is 17.4 Å². The van der Waals surface area contributed by atoms with Crippen LogP contribution in [0.15, 0.2) is 18.2 Å². The molecule has 0 spiro atoms. The van der Waals surface area contributed by atoms with Gasteiger partial charge in [-0.15, -0.1) is 0 Å². The Hall–Kier alpha value is -1.57. The highest BCUT2D eigenvalue weighted by Crippen LogP contribution is 2.48. The molecule has 1 fully saturated rings. The summed E-state index contributed by atoms with van der Waals surface area (Å²) >= 11 is 6.01. The van der Waals surface area contributed by atoms with E-state index in [2.05, 4.69) is 6.07 Å². The quantitative estimate of drug-likeness (QED) is 0.874. The van der Waals surface area contributed by atoms with Crippen molar-refractivity contribution in [3.63, 3.8) is 0 Å². The van der Waals surface area contributed by atoms with E-state index in [-0.39, 0.29) is 6.42 Å². The lowest BCUT2D eigenvalue weighted by Gasteiger charge is -2.14. The number of nitriles is 1. The van der Waals surface area contributed by atoms with Crippen LogP contribution >= 0.6 is 11.6 Å². The van der Waals surface area contributed by atoms with Crippen LogP contribution in [-0.2, 0) is 10.2 Å². The van der Waals surface area contributed by atoms with E-state index in [4.69, 9.17) is 27.7 Å². The minimum absolute atomic E-state index is 0.153. The molecule has 1 aromatic rings. The Kier molecular flexibility index (Phi) is 3.29. The summed E-state index contributed by atoms with van der Waals surface area (Å²) in [4.78, 5) is 10.7. The van der Waals surface area contributed by atoms with Crippen molar-refractivity contribution in [2.45, 2.75) is 30.7 Å². The van der Waals surface area contributed by atoms with Crippen molar-refractivity contribution in [1.82, 2.24) is 0 Å². The Morgan fingerprint density at radius 3 is 2.72 bits per heavy atom. The molecule has 0 bridgehead atoms. The molecule has 1 atom stereocenters. The SMILES string of the molecule is N#CC1(c2cc(Cl)cc([C@@H](N)CC(=O)O)c2)CC1. The third-order valence-electron chi connectivity index (χ3n) is 3.26. The smallest absolute Gasteiger partial charge is 0.305 e. The van der Waals surface area contributed by atoms with Gasteiger partial charge in [-0.3, -0.25) is 4.79 Å². The van der Waals surface area contributed by atoms with Crippen molar-refractivity contribution in [3.8, 4) is 6.07 Å². The van der Waals surface area contributed by atoms with Crippen LogP contribution < -0.4 is 5.73 Å². The molecule has 1 saturated carbocycles. The maximum atomic E-state index is 10.7. The molecule has 1 aromatic carbocycles. The van der Waals surface area contributed by atoms with Gasteiger partial charge in [-0.1, -0.05) is 17.7 Å². The van der Waals surface area contributed by atoms with Gasteiger partial charge in [-0.2, -0.15) is 5.26 Å². The summed E-state index contributed by atoms with van der Waals surface area (Å²) in [6.07, 6.45) is 1.48. The third-order valence-corrected chi connectivity index (χ3v) is 3.48. The van der Waals surface area contributed by atoms with Crippen LogP contribution in [0, 0.1) is 11.3 Å². The molecule has 1 aliphatic rings. The number of nitrogens with zero attached hydrogens (tertiary/aromatic N) is 1. The van der Waals surface area contributed by atoms with Gasteiger partial charge in [0.2, 0.25) is 0 Å². The van der Waals surface area contributed by atoms with Crippen LogP contribution in [0.3, 0.4) is 0 Å². The monoisotopic (exact) mass is 264 g/mol. The summed E-state index contributed by atoms with van der Waals surface area (Å²) in [5, 5.41) is 18.4. The first-order chi connectivity index (χ1) is 8.47. The number of carbonyl (C=O) groups is 1. The Bertz CT molecular complexity index is 532. The van der Waals surface area contributed by atoms with E-state index in [0.717, 1.165) is 18.4 Å². The number of hydrogen-bond donors (Lipinski definition) is 2. The molecule has 0 amide bonds. The van der Waals surface area contributed by atoms with Gasteiger partial charge >= 0.3 is 5.97 Å². The zero-order valence-corrected chi connectivity index (χ0v) is 10.4. The lowest BCUT2D eigenvalue weighted by molar-refractivity contribution is -0.137. The number of nitrogens with two attached hydrogens (primary N) is 1. The van der Waals surface area contributed by atoms with E-state index in [1.54, 1.807) is 18.2 Å². The number of hydrogen-bond acceptors (Lipinski definition) is 3. The van der Waals surface area contributed by atoms with E-state index >= 15 is 0 Å². The first-order valence-corrected chi connectivity index (χ1v) is 6.04. The molecule has 0 aromatic heterocycles.